The number of anilines is 1. The summed E-state index contributed by atoms with van der Waals surface area (Å²) in [6.45, 7) is 0. The second-order valence-corrected chi connectivity index (χ2v) is 8.28. The number of benzene rings is 2. The molecule has 3 aromatic rings. The molecule has 30 heavy (non-hydrogen) atoms. The third-order valence-corrected chi connectivity index (χ3v) is 5.43. The summed E-state index contributed by atoms with van der Waals surface area (Å²) in [5.41, 5.74) is -0.439. The molecule has 0 spiro atoms. The van der Waals surface area contributed by atoms with Gasteiger partial charge in [0.15, 0.2) is 5.69 Å². The van der Waals surface area contributed by atoms with E-state index in [9.17, 15) is 26.7 Å². The molecule has 0 amide bonds. The average Bonchev–Trinajstić information content (AvgIpc) is 3.13. The second kappa shape index (κ2) is 8.26. The molecular formula is C18H16ClF3N4O3S. The Labute approximate surface area is 175 Å². The van der Waals surface area contributed by atoms with E-state index in [0.29, 0.717) is 16.8 Å². The number of nitrogens with one attached hydrogen (secondary N) is 1. The van der Waals surface area contributed by atoms with Crippen LogP contribution < -0.4 is 10.5 Å². The predicted molar refractivity (Wildman–Crippen MR) is 105 cm³/mol. The maximum atomic E-state index is 12.8. The van der Waals surface area contributed by atoms with Crippen molar-refractivity contribution in [3.8, 4) is 5.69 Å². The number of nitrogens with zero attached hydrogens (tertiary/aromatic N) is 2. The predicted octanol–water partition coefficient (Wildman–Crippen LogP) is 3.16. The van der Waals surface area contributed by atoms with E-state index < -0.39 is 33.0 Å². The molecule has 0 bridgehead atoms. The van der Waals surface area contributed by atoms with Crippen LogP contribution in [0.2, 0.25) is 5.02 Å². The number of aliphatic hydroxyl groups excluding tert-OH is 1. The highest BCUT2D eigenvalue weighted by Crippen LogP contribution is 2.30. The van der Waals surface area contributed by atoms with Crippen molar-refractivity contribution >= 4 is 27.3 Å². The van der Waals surface area contributed by atoms with Crippen molar-refractivity contribution < 1.29 is 26.7 Å². The molecule has 1 aromatic heterocycles. The first-order chi connectivity index (χ1) is 13.9. The lowest BCUT2D eigenvalue weighted by Crippen LogP contribution is -2.22. The van der Waals surface area contributed by atoms with Gasteiger partial charge in [-0.15, -0.1) is 0 Å². The fourth-order valence-corrected chi connectivity index (χ4v) is 3.73. The number of primary sulfonamides is 1. The van der Waals surface area contributed by atoms with E-state index in [4.69, 9.17) is 16.7 Å². The molecule has 4 N–H and O–H groups in total. The summed E-state index contributed by atoms with van der Waals surface area (Å²) >= 11 is 6.06. The molecule has 0 radical (unpaired) electrons. The first-order valence-corrected chi connectivity index (χ1v) is 10.3. The van der Waals surface area contributed by atoms with E-state index in [-0.39, 0.29) is 17.8 Å². The van der Waals surface area contributed by atoms with Crippen LogP contribution in [0.25, 0.3) is 5.69 Å². The van der Waals surface area contributed by atoms with Crippen LogP contribution in [0.1, 0.15) is 11.3 Å². The van der Waals surface area contributed by atoms with Gasteiger partial charge in [0.2, 0.25) is 10.0 Å². The Bertz CT molecular complexity index is 1170. The average molecular weight is 461 g/mol. The number of hydrogen-bond donors (Lipinski definition) is 3. The van der Waals surface area contributed by atoms with Crippen LogP contribution in [0, 0.1) is 0 Å². The molecule has 7 nitrogen and oxygen atoms in total. The summed E-state index contributed by atoms with van der Waals surface area (Å²) in [6.07, 6.45) is -4.18. The fourth-order valence-electron chi connectivity index (χ4n) is 2.76. The number of aliphatic hydroxyl groups is 1. The third-order valence-electron chi connectivity index (χ3n) is 4.12. The van der Waals surface area contributed by atoms with E-state index in [1.165, 1.54) is 12.1 Å². The Morgan fingerprint density at radius 1 is 1.23 bits per heavy atom. The molecule has 0 saturated carbocycles. The first kappa shape index (κ1) is 22.1. The van der Waals surface area contributed by atoms with Gasteiger partial charge in [0.05, 0.1) is 12.0 Å². The zero-order valence-electron chi connectivity index (χ0n) is 15.1. The lowest BCUT2D eigenvalue weighted by Gasteiger charge is -2.17. The molecule has 1 atom stereocenters. The zero-order valence-corrected chi connectivity index (χ0v) is 16.7. The molecule has 1 unspecified atom stereocenters. The van der Waals surface area contributed by atoms with E-state index in [1.54, 1.807) is 24.3 Å². The lowest BCUT2D eigenvalue weighted by molar-refractivity contribution is -0.140. The smallest absolute Gasteiger partial charge is 0.373 e. The maximum Gasteiger partial charge on any atom is 0.434 e. The van der Waals surface area contributed by atoms with Gasteiger partial charge in [-0.1, -0.05) is 29.8 Å². The number of sulfonamides is 1. The van der Waals surface area contributed by atoms with Gasteiger partial charge in [-0.05, 0) is 29.8 Å². The van der Waals surface area contributed by atoms with Gasteiger partial charge in [0, 0.05) is 23.3 Å². The topological polar surface area (TPSA) is 110 Å². The van der Waals surface area contributed by atoms with Crippen molar-refractivity contribution in [2.45, 2.75) is 23.7 Å². The molecule has 0 fully saturated rings. The molecule has 0 aliphatic rings. The Balaban J connectivity index is 1.90. The number of hydrogen-bond acceptors (Lipinski definition) is 5. The summed E-state index contributed by atoms with van der Waals surface area (Å²) in [4.78, 5) is 2.81. The van der Waals surface area contributed by atoms with E-state index >= 15 is 0 Å². The van der Waals surface area contributed by atoms with E-state index in [1.807, 2.05) is 0 Å². The number of rotatable bonds is 6. The Hall–Kier alpha value is -2.60. The minimum atomic E-state index is -4.68. The van der Waals surface area contributed by atoms with Gasteiger partial charge in [-0.2, -0.15) is 13.2 Å². The highest BCUT2D eigenvalue weighted by Gasteiger charge is 2.34. The number of halogens is 4. The van der Waals surface area contributed by atoms with Gasteiger partial charge in [-0.25, -0.2) is 18.5 Å². The van der Waals surface area contributed by atoms with Crippen molar-refractivity contribution in [2.24, 2.45) is 5.14 Å². The molecule has 1 heterocycles. The molecule has 2 aromatic carbocycles. The molecule has 0 saturated heterocycles. The summed E-state index contributed by atoms with van der Waals surface area (Å²) in [5, 5.41) is 18.7. The highest BCUT2D eigenvalue weighted by molar-refractivity contribution is 7.89. The molecule has 12 heteroatoms. The van der Waals surface area contributed by atoms with Crippen LogP contribution >= 0.6 is 11.6 Å². The van der Waals surface area contributed by atoms with Crippen LogP contribution in [-0.2, 0) is 22.6 Å². The minimum Gasteiger partial charge on any atom is -0.373 e. The minimum absolute atomic E-state index is 0.119. The van der Waals surface area contributed by atoms with Crippen molar-refractivity contribution in [1.82, 2.24) is 9.55 Å². The van der Waals surface area contributed by atoms with Crippen LogP contribution in [0.4, 0.5) is 18.9 Å². The van der Waals surface area contributed by atoms with Crippen LogP contribution in [0.3, 0.4) is 0 Å². The van der Waals surface area contributed by atoms with E-state index in [0.717, 1.165) is 17.0 Å². The molecule has 160 valence electrons. The van der Waals surface area contributed by atoms with Crippen LogP contribution in [-0.4, -0.2) is 29.3 Å². The number of imidazole rings is 1. The first-order valence-electron chi connectivity index (χ1n) is 8.41. The summed E-state index contributed by atoms with van der Waals surface area (Å²) < 4.78 is 63.3. The molecular weight excluding hydrogens is 445 g/mol. The number of alkyl halides is 3. The van der Waals surface area contributed by atoms with Crippen LogP contribution in [0.5, 0.6) is 0 Å². The summed E-state index contributed by atoms with van der Waals surface area (Å²) in [7, 11) is -4.30. The highest BCUT2D eigenvalue weighted by atomic mass is 35.5. The van der Waals surface area contributed by atoms with E-state index in [2.05, 4.69) is 10.3 Å². The number of nitrogens with two attached hydrogens (primary N) is 1. The van der Waals surface area contributed by atoms with Gasteiger partial charge >= 0.3 is 6.18 Å². The summed E-state index contributed by atoms with van der Waals surface area (Å²) in [5.74, 6) is 0. The van der Waals surface area contributed by atoms with Gasteiger partial charge in [0.1, 0.15) is 11.1 Å². The molecule has 3 rings (SSSR count). The standard InChI is InChI=1S/C18H16ClF3N4O3S/c19-13-4-2-1-3-11(13)7-17(27)25-12-5-6-14(15(8-12)30(23,28)29)26-9-16(24-10-26)18(20,21)22/h1-6,8-10,17,25,27H,7H2,(H2,23,28,29). The normalized spacial score (nSPS) is 13.3. The van der Waals surface area contributed by atoms with Gasteiger partial charge < -0.3 is 15.0 Å². The monoisotopic (exact) mass is 460 g/mol. The van der Waals surface area contributed by atoms with Crippen molar-refractivity contribution in [3.05, 3.63) is 71.3 Å². The Kier molecular flexibility index (Phi) is 6.09. The maximum absolute atomic E-state index is 12.8. The van der Waals surface area contributed by atoms with Crippen molar-refractivity contribution in [2.75, 3.05) is 5.32 Å². The second-order valence-electron chi connectivity index (χ2n) is 6.35. The largest absolute Gasteiger partial charge is 0.434 e. The molecule has 0 aliphatic carbocycles. The van der Waals surface area contributed by atoms with Gasteiger partial charge in [0.25, 0.3) is 0 Å². The quantitative estimate of drug-likeness (QED) is 0.489. The van der Waals surface area contributed by atoms with Crippen LogP contribution in [0.15, 0.2) is 59.9 Å². The van der Waals surface area contributed by atoms with Crippen molar-refractivity contribution in [3.63, 3.8) is 0 Å². The van der Waals surface area contributed by atoms with Gasteiger partial charge in [-0.3, -0.25) is 0 Å². The lowest BCUT2D eigenvalue weighted by atomic mass is 10.1. The fraction of sp³-hybridized carbons (Fsp3) is 0.167. The SMILES string of the molecule is NS(=O)(=O)c1cc(NC(O)Cc2ccccc2Cl)ccc1-n1cnc(C(F)(F)F)c1. The van der Waals surface area contributed by atoms with Crippen molar-refractivity contribution in [1.29, 1.82) is 0 Å². The number of aromatic nitrogens is 2. The zero-order chi connectivity index (χ0) is 22.1. The third kappa shape index (κ3) is 5.11. The molecule has 0 aliphatic heterocycles. The summed E-state index contributed by atoms with van der Waals surface area (Å²) in [6, 6.07) is 10.7. The Morgan fingerprint density at radius 2 is 1.93 bits per heavy atom. The Morgan fingerprint density at radius 3 is 2.53 bits per heavy atom.